The van der Waals surface area contributed by atoms with E-state index >= 15 is 0 Å². The van der Waals surface area contributed by atoms with Crippen LogP contribution in [0, 0.1) is 6.92 Å². The molecular formula is C12H14F3N7O3. The first-order valence-electron chi connectivity index (χ1n) is 6.81. The average molecular weight is 361 g/mol. The lowest BCUT2D eigenvalue weighted by Crippen LogP contribution is -2.51. The third-order valence-electron chi connectivity index (χ3n) is 3.56. The molecule has 2 aromatic heterocycles. The molecule has 2 aromatic rings. The highest BCUT2D eigenvalue weighted by Crippen LogP contribution is 2.26. The summed E-state index contributed by atoms with van der Waals surface area (Å²) in [5.41, 5.74) is -1.54. The largest absolute Gasteiger partial charge is 0.480 e. The summed E-state index contributed by atoms with van der Waals surface area (Å²) in [6.07, 6.45) is -4.72. The number of aromatic nitrogens is 6. The molecule has 0 saturated heterocycles. The minimum atomic E-state index is -4.72. The number of carbonyl (C=O) groups is 2. The molecule has 0 bridgehead atoms. The van der Waals surface area contributed by atoms with Crippen molar-refractivity contribution in [3.05, 3.63) is 17.5 Å². The van der Waals surface area contributed by atoms with Gasteiger partial charge in [0.2, 0.25) is 11.6 Å². The molecule has 1 amide bonds. The molecule has 2 heterocycles. The Morgan fingerprint density at radius 2 is 1.84 bits per heavy atom. The molecule has 0 aliphatic carbocycles. The fourth-order valence-electron chi connectivity index (χ4n) is 1.69. The summed E-state index contributed by atoms with van der Waals surface area (Å²) in [6.45, 7) is 4.00. The number of nitrogens with zero attached hydrogens (tertiary/aromatic N) is 6. The third kappa shape index (κ3) is 3.29. The zero-order chi connectivity index (χ0) is 19.2. The molecular weight excluding hydrogens is 347 g/mol. The number of carboxylic acids is 1. The summed E-state index contributed by atoms with van der Waals surface area (Å²) in [7, 11) is 1.25. The number of hydrogen-bond donors (Lipinski definition) is 2. The van der Waals surface area contributed by atoms with Crippen molar-refractivity contribution in [3.63, 3.8) is 0 Å². The Bertz CT molecular complexity index is 824. The normalized spacial score (nSPS) is 12.3. The van der Waals surface area contributed by atoms with Crippen molar-refractivity contribution in [2.24, 2.45) is 0 Å². The molecule has 0 aliphatic rings. The summed E-state index contributed by atoms with van der Waals surface area (Å²) < 4.78 is 38.6. The Balaban J connectivity index is 2.36. The number of carboxylic acid groups (broad SMARTS) is 1. The zero-order valence-electron chi connectivity index (χ0n) is 13.6. The van der Waals surface area contributed by atoms with E-state index in [1.54, 1.807) is 5.10 Å². The standard InChI is InChI=1S/C12H14F3N7O3/c1-5-16-6(7(23)21(4)11(2,3)9(24)25)20-22(5)10-17-8(18-19-10)12(13,14)15/h1-4H3,(H,24,25)(H,17,18,19). The first-order chi connectivity index (χ1) is 11.4. The van der Waals surface area contributed by atoms with Gasteiger partial charge in [0, 0.05) is 7.05 Å². The lowest BCUT2D eigenvalue weighted by molar-refractivity contribution is -0.147. The van der Waals surface area contributed by atoms with Crippen molar-refractivity contribution in [2.45, 2.75) is 32.5 Å². The fraction of sp³-hybridized carbons (Fsp3) is 0.500. The monoisotopic (exact) mass is 361 g/mol. The Morgan fingerprint density at radius 1 is 1.24 bits per heavy atom. The van der Waals surface area contributed by atoms with Crippen molar-refractivity contribution in [1.29, 1.82) is 0 Å². The number of halogens is 3. The van der Waals surface area contributed by atoms with Gasteiger partial charge in [-0.2, -0.15) is 22.8 Å². The van der Waals surface area contributed by atoms with Crippen LogP contribution in [-0.2, 0) is 11.0 Å². The fourth-order valence-corrected chi connectivity index (χ4v) is 1.69. The molecule has 25 heavy (non-hydrogen) atoms. The van der Waals surface area contributed by atoms with Gasteiger partial charge in [0.1, 0.15) is 11.4 Å². The van der Waals surface area contributed by atoms with Crippen molar-refractivity contribution in [2.75, 3.05) is 7.05 Å². The van der Waals surface area contributed by atoms with Crippen molar-refractivity contribution >= 4 is 11.9 Å². The van der Waals surface area contributed by atoms with E-state index in [2.05, 4.69) is 20.2 Å². The van der Waals surface area contributed by atoms with Gasteiger partial charge in [-0.25, -0.2) is 9.78 Å². The maximum absolute atomic E-state index is 12.6. The van der Waals surface area contributed by atoms with E-state index in [1.165, 1.54) is 27.8 Å². The van der Waals surface area contributed by atoms with Crippen LogP contribution in [0.25, 0.3) is 5.95 Å². The van der Waals surface area contributed by atoms with Gasteiger partial charge in [0.15, 0.2) is 0 Å². The predicted octanol–water partition coefficient (Wildman–Crippen LogP) is 0.648. The molecule has 0 fully saturated rings. The van der Waals surface area contributed by atoms with Gasteiger partial charge in [-0.05, 0) is 20.8 Å². The average Bonchev–Trinajstić information content (AvgIpc) is 3.11. The molecule has 0 aliphatic heterocycles. The van der Waals surface area contributed by atoms with Crippen LogP contribution in [0.5, 0.6) is 0 Å². The van der Waals surface area contributed by atoms with E-state index in [4.69, 9.17) is 5.11 Å². The van der Waals surface area contributed by atoms with Crippen LogP contribution in [0.3, 0.4) is 0 Å². The molecule has 13 heteroatoms. The van der Waals surface area contributed by atoms with Gasteiger partial charge in [0.05, 0.1) is 0 Å². The first kappa shape index (κ1) is 18.4. The van der Waals surface area contributed by atoms with Crippen molar-refractivity contribution < 1.29 is 27.9 Å². The molecule has 0 saturated carbocycles. The van der Waals surface area contributed by atoms with Gasteiger partial charge in [-0.1, -0.05) is 0 Å². The number of rotatable bonds is 4. The lowest BCUT2D eigenvalue weighted by atomic mass is 10.0. The minimum Gasteiger partial charge on any atom is -0.480 e. The Labute approximate surface area is 138 Å². The van der Waals surface area contributed by atoms with E-state index in [1.807, 2.05) is 0 Å². The quantitative estimate of drug-likeness (QED) is 0.817. The van der Waals surface area contributed by atoms with E-state index in [-0.39, 0.29) is 5.82 Å². The SMILES string of the molecule is Cc1nc(C(=O)N(C)C(C)(C)C(=O)O)nn1-c1n[nH]c(C(F)(F)F)n1. The van der Waals surface area contributed by atoms with Gasteiger partial charge < -0.3 is 10.0 Å². The maximum atomic E-state index is 12.6. The molecule has 0 aromatic carbocycles. The molecule has 0 radical (unpaired) electrons. The van der Waals surface area contributed by atoms with Crippen LogP contribution in [0.2, 0.25) is 0 Å². The summed E-state index contributed by atoms with van der Waals surface area (Å²) in [6, 6.07) is 0. The summed E-state index contributed by atoms with van der Waals surface area (Å²) in [5.74, 6) is -4.18. The number of alkyl halides is 3. The molecule has 0 atom stereocenters. The zero-order valence-corrected chi connectivity index (χ0v) is 13.6. The molecule has 0 spiro atoms. The van der Waals surface area contributed by atoms with Crippen LogP contribution >= 0.6 is 0 Å². The highest BCUT2D eigenvalue weighted by atomic mass is 19.4. The number of nitrogens with one attached hydrogen (secondary N) is 1. The van der Waals surface area contributed by atoms with E-state index < -0.39 is 41.2 Å². The summed E-state index contributed by atoms with van der Waals surface area (Å²) in [5, 5.41) is 18.0. The van der Waals surface area contributed by atoms with E-state index in [9.17, 15) is 22.8 Å². The predicted molar refractivity (Wildman–Crippen MR) is 74.8 cm³/mol. The van der Waals surface area contributed by atoms with Crippen LogP contribution < -0.4 is 0 Å². The highest BCUT2D eigenvalue weighted by Gasteiger charge is 2.38. The number of hydrogen-bond acceptors (Lipinski definition) is 6. The Kier molecular flexibility index (Phi) is 4.27. The first-order valence-corrected chi connectivity index (χ1v) is 6.81. The summed E-state index contributed by atoms with van der Waals surface area (Å²) in [4.78, 5) is 31.6. The smallest absolute Gasteiger partial charge is 0.451 e. The Morgan fingerprint density at radius 3 is 2.32 bits per heavy atom. The summed E-state index contributed by atoms with van der Waals surface area (Å²) >= 11 is 0. The van der Waals surface area contributed by atoms with Crippen molar-refractivity contribution in [1.82, 2.24) is 34.8 Å². The number of likely N-dealkylation sites (N-methyl/N-ethyl adjacent to an activating group) is 1. The van der Waals surface area contributed by atoms with E-state index in [0.29, 0.717) is 0 Å². The second kappa shape index (κ2) is 5.82. The van der Waals surface area contributed by atoms with Crippen LogP contribution in [0.4, 0.5) is 13.2 Å². The van der Waals surface area contributed by atoms with Crippen molar-refractivity contribution in [3.8, 4) is 5.95 Å². The number of amides is 1. The van der Waals surface area contributed by atoms with Crippen LogP contribution in [0.1, 0.15) is 36.1 Å². The molecule has 2 N–H and O–H groups in total. The Hall–Kier alpha value is -2.99. The van der Waals surface area contributed by atoms with Gasteiger partial charge in [0.25, 0.3) is 11.9 Å². The lowest BCUT2D eigenvalue weighted by Gasteiger charge is -2.30. The topological polar surface area (TPSA) is 130 Å². The van der Waals surface area contributed by atoms with Gasteiger partial charge >= 0.3 is 12.1 Å². The number of aliphatic carboxylic acids is 1. The van der Waals surface area contributed by atoms with Crippen LogP contribution in [0.15, 0.2) is 0 Å². The van der Waals surface area contributed by atoms with Gasteiger partial charge in [-0.3, -0.25) is 9.89 Å². The number of aromatic amines is 1. The molecule has 136 valence electrons. The highest BCUT2D eigenvalue weighted by molar-refractivity contribution is 5.94. The molecule has 0 unspecified atom stereocenters. The van der Waals surface area contributed by atoms with Gasteiger partial charge in [-0.15, -0.1) is 10.2 Å². The second-order valence-electron chi connectivity index (χ2n) is 5.60. The number of carbonyl (C=O) groups excluding carboxylic acids is 1. The second-order valence-corrected chi connectivity index (χ2v) is 5.60. The van der Waals surface area contributed by atoms with E-state index in [0.717, 1.165) is 9.58 Å². The van der Waals surface area contributed by atoms with Crippen LogP contribution in [-0.4, -0.2) is 64.4 Å². The molecule has 10 nitrogen and oxygen atoms in total. The number of H-pyrrole nitrogens is 1. The third-order valence-corrected chi connectivity index (χ3v) is 3.56. The maximum Gasteiger partial charge on any atom is 0.451 e. The number of aryl methyl sites for hydroxylation is 1. The molecule has 2 rings (SSSR count). The minimum absolute atomic E-state index is 0.0533.